The van der Waals surface area contributed by atoms with Crippen molar-refractivity contribution in [1.82, 2.24) is 24.9 Å². The number of nitrogens with zero attached hydrogens (tertiary/aromatic N) is 8. The maximum Gasteiger partial charge on any atom is 1.00 e. The van der Waals surface area contributed by atoms with Gasteiger partial charge in [0.25, 0.3) is 17.1 Å². The van der Waals surface area contributed by atoms with Gasteiger partial charge < -0.3 is 24.1 Å². The summed E-state index contributed by atoms with van der Waals surface area (Å²) < 4.78 is 11.8. The van der Waals surface area contributed by atoms with E-state index in [-0.39, 0.29) is 126 Å². The Hall–Kier alpha value is -6.12. The number of hydrogen-bond acceptors (Lipinski definition) is 16. The second kappa shape index (κ2) is 70.0. The molecule has 0 atom stereocenters. The molecule has 19 nitrogen and oxygen atoms in total. The average Bonchev–Trinajstić information content (AvgIpc) is 0.818. The Balaban J connectivity index is -0.000000296. The molecular weight excluding hydrogens is 1860 g/mol. The molecule has 5 aromatic heterocycles. The Morgan fingerprint density at radius 3 is 1.08 bits per heavy atom. The first-order valence-electron chi connectivity index (χ1n) is 36.9. The van der Waals surface area contributed by atoms with Crippen molar-refractivity contribution >= 4 is 163 Å². The average molecular weight is 1990 g/mol. The van der Waals surface area contributed by atoms with Gasteiger partial charge in [0.15, 0.2) is 0 Å². The molecule has 6 N–H and O–H groups in total. The van der Waals surface area contributed by atoms with Crippen LogP contribution in [-0.2, 0) is 22.4 Å². The van der Waals surface area contributed by atoms with E-state index in [9.17, 15) is 39.9 Å². The van der Waals surface area contributed by atoms with Crippen molar-refractivity contribution in [3.8, 4) is 33.8 Å². The summed E-state index contributed by atoms with van der Waals surface area (Å²) in [7, 11) is 6.89. The molecule has 0 radical (unpaired) electrons. The number of nitrogens with two attached hydrogens (primary N) is 3. The van der Waals surface area contributed by atoms with E-state index >= 15 is 0 Å². The molecule has 0 bridgehead atoms. The fraction of sp³-hybridized carbons (Fsp3) is 0.395. The van der Waals surface area contributed by atoms with Crippen molar-refractivity contribution in [3.05, 3.63) is 252 Å². The van der Waals surface area contributed by atoms with Gasteiger partial charge in [-0.1, -0.05) is 118 Å². The molecule has 0 aliphatic heterocycles. The zero-order chi connectivity index (χ0) is 79.4. The monoisotopic (exact) mass is 1990 g/mol. The largest absolute Gasteiger partial charge is 1.00 e. The first-order chi connectivity index (χ1) is 51.4. The maximum absolute atomic E-state index is 11.3. The maximum atomic E-state index is 11.3. The van der Waals surface area contributed by atoms with Crippen LogP contribution in [0.3, 0.4) is 0 Å². The minimum Gasteiger partial charge on any atom is -0.397 e. The van der Waals surface area contributed by atoms with Gasteiger partial charge in [0.1, 0.15) is 21.9 Å². The van der Waals surface area contributed by atoms with Gasteiger partial charge in [-0.3, -0.25) is 54.9 Å². The van der Waals surface area contributed by atoms with Crippen LogP contribution in [0.1, 0.15) is 186 Å². The number of benzene rings is 4. The van der Waals surface area contributed by atoms with Crippen LogP contribution in [0.2, 0.25) is 26.6 Å². The van der Waals surface area contributed by atoms with Crippen LogP contribution in [0.5, 0.6) is 0 Å². The fourth-order valence-electron chi connectivity index (χ4n) is 11.0. The molecule has 0 unspecified atom stereocenters. The van der Waals surface area contributed by atoms with Gasteiger partial charge in [-0.2, -0.15) is 6.42 Å². The molecule has 0 aliphatic rings. The SMILES string of the molecule is Brc1ccccn1.C.C.C.CC(=O)Cc1c(-c2ccccn2)cccc1[N+](=O)[O-].CC(=O)Cc1c(Br)cccc1[N+](=O)[O-].CCC[CH2][Sn]([CH2]CCC)([CH2]CCC)[c]1ccccn1.CCC[CH2][Sn]([Cl])([CH2]CCC)[CH2]CCC.Cl.Cl.Cl.Nc1c(-c2ccccn2)cccc1[N+](=O)[O-].Nc1cccc(-c2ccccn2)c1N.[CH2-]CCC.[Li+]. The summed E-state index contributed by atoms with van der Waals surface area (Å²) in [5.74, 6) is -0.216. The first kappa shape index (κ1) is 119. The van der Waals surface area contributed by atoms with Gasteiger partial charge in [-0.05, 0) is 90.4 Å². The van der Waals surface area contributed by atoms with Crippen LogP contribution in [0.25, 0.3) is 33.8 Å². The van der Waals surface area contributed by atoms with E-state index in [0.29, 0.717) is 49.5 Å². The van der Waals surface area contributed by atoms with Gasteiger partial charge >= 0.3 is 242 Å². The van der Waals surface area contributed by atoms with E-state index in [1.165, 1.54) is 142 Å². The number of nitro benzene ring substituents is 3. The predicted molar refractivity (Wildman–Crippen MR) is 499 cm³/mol. The molecule has 114 heavy (non-hydrogen) atoms. The summed E-state index contributed by atoms with van der Waals surface area (Å²) in [5, 5.41) is 32.4. The molecule has 0 spiro atoms. The number of ketones is 2. The fourth-order valence-corrected chi connectivity index (χ4v) is 40.5. The number of para-hydroxylation sites is 2. The van der Waals surface area contributed by atoms with Crippen molar-refractivity contribution < 1.29 is 43.2 Å². The smallest absolute Gasteiger partial charge is 0.397 e. The molecule has 0 amide bonds. The molecule has 28 heteroatoms. The second-order valence-corrected chi connectivity index (χ2v) is 56.5. The van der Waals surface area contributed by atoms with Crippen molar-refractivity contribution in [2.75, 3.05) is 17.2 Å². The third-order valence-electron chi connectivity index (χ3n) is 16.9. The Bertz CT molecular complexity index is 3980. The van der Waals surface area contributed by atoms with Gasteiger partial charge in [-0.15, -0.1) is 37.2 Å². The molecule has 9 aromatic rings. The van der Waals surface area contributed by atoms with Gasteiger partial charge in [-0.25, -0.2) is 4.98 Å². The molecule has 0 saturated heterocycles. The zero-order valence-corrected chi connectivity index (χ0v) is 78.3. The number of Topliss-reactive ketones (excluding diaryl/α,β-unsaturated/α-hetero) is 2. The van der Waals surface area contributed by atoms with E-state index in [4.69, 9.17) is 31.1 Å². The summed E-state index contributed by atoms with van der Waals surface area (Å²) in [5.41, 5.74) is 23.5. The zero-order valence-electron chi connectivity index (χ0n) is 66.2. The predicted octanol–water partition coefficient (Wildman–Crippen LogP) is 23.8. The first-order valence-corrected chi connectivity index (χ1v) is 55.7. The second-order valence-electron chi connectivity index (χ2n) is 25.5. The Morgan fingerprint density at radius 1 is 0.421 bits per heavy atom. The summed E-state index contributed by atoms with van der Waals surface area (Å²) >= 11 is 2.09. The number of anilines is 3. The number of unbranched alkanes of at least 4 members (excludes halogenated alkanes) is 7. The van der Waals surface area contributed by atoms with Crippen LogP contribution < -0.4 is 39.8 Å². The number of halogens is 6. The van der Waals surface area contributed by atoms with Crippen LogP contribution >= 0.6 is 78.0 Å². The topological polar surface area (TPSA) is 306 Å². The molecule has 0 saturated carbocycles. The van der Waals surface area contributed by atoms with E-state index < -0.39 is 50.4 Å². The molecule has 5 heterocycles. The molecule has 624 valence electrons. The van der Waals surface area contributed by atoms with E-state index in [0.717, 1.165) is 22.3 Å². The number of aromatic nitrogens is 5. The van der Waals surface area contributed by atoms with Crippen molar-refractivity contribution in [1.29, 1.82) is 0 Å². The number of carbonyl (C=O) groups is 2. The van der Waals surface area contributed by atoms with Crippen LogP contribution in [0.4, 0.5) is 34.1 Å². The summed E-state index contributed by atoms with van der Waals surface area (Å²) in [6, 6.07) is 48.3. The van der Waals surface area contributed by atoms with Gasteiger partial charge in [0, 0.05) is 82.6 Å². The van der Waals surface area contributed by atoms with Crippen LogP contribution in [0, 0.1) is 37.3 Å². The molecule has 4 aromatic carbocycles. The van der Waals surface area contributed by atoms with Gasteiger partial charge in [0.2, 0.25) is 0 Å². The molecule has 9 rings (SSSR count). The number of hydrogen-bond donors (Lipinski definition) is 3. The summed E-state index contributed by atoms with van der Waals surface area (Å²) in [6.45, 7) is 22.4. The summed E-state index contributed by atoms with van der Waals surface area (Å²) in [4.78, 5) is 74.4. The third-order valence-corrected chi connectivity index (χ3v) is 47.8. The Morgan fingerprint density at radius 2 is 0.746 bits per heavy atom. The van der Waals surface area contributed by atoms with E-state index in [1.807, 2.05) is 54.7 Å². The number of rotatable bonds is 30. The standard InChI is InChI=1S/C14H12N2O3.C11H9N3O2.C11H11N3.C9H8BrNO3.C5H4BrN.C5H4N.7C4H9.3CH4.4ClH.Li.2Sn/c1-10(17)9-12-11(13-6-2-3-8-15-13)5-4-7-14(12)16(18)19;12-11-8(9-5-1-2-7-13-9)4-3-6-10(11)14(15)16;12-9-5-3-4-8(11(9)13)10-6-1-2-7-14-10;1-6(12)5-7-8(10)3-2-4-9(7)11(13)14;6-5-3-1-2-4-7-5;1-2-4-6-5-3-1;7*1-3-4-2;;;;;;;;;;/h2-8H,9H2,1H3;1-7H,12H2;1-7H,12-13H2;2-4H,5H2,1H3;1-4H;1-4H;7*1,3-4H2,2H3;3*1H4;4*1H;;;/q;;;;;;;;;;;;-1;;;;;;;;+1;;+1/p-1. The van der Waals surface area contributed by atoms with Crippen molar-refractivity contribution in [2.45, 2.75) is 214 Å². The summed E-state index contributed by atoms with van der Waals surface area (Å²) in [6.07, 6.45) is 27.5. The number of nitro groups is 3. The normalized spacial score (nSPS) is 9.76. The van der Waals surface area contributed by atoms with Gasteiger partial charge in [0.05, 0.1) is 48.8 Å². The van der Waals surface area contributed by atoms with Crippen LogP contribution in [-0.4, -0.2) is 86.9 Å². The third kappa shape index (κ3) is 46.1. The molecule has 0 fully saturated rings. The van der Waals surface area contributed by atoms with E-state index in [2.05, 4.69) is 125 Å². The quantitative estimate of drug-likeness (QED) is 0.00941. The van der Waals surface area contributed by atoms with Crippen molar-refractivity contribution in [2.24, 2.45) is 0 Å². The minimum atomic E-state index is -2.21. The van der Waals surface area contributed by atoms with Crippen LogP contribution in [0.15, 0.2) is 204 Å². The Kier molecular flexibility index (Phi) is 72.9. The van der Waals surface area contributed by atoms with E-state index in [1.54, 1.807) is 107 Å². The minimum absolute atomic E-state index is 0. The number of nitrogen functional groups attached to an aromatic ring is 3. The Labute approximate surface area is 741 Å². The van der Waals surface area contributed by atoms with Crippen molar-refractivity contribution in [3.63, 3.8) is 0 Å². The number of carbonyl (C=O) groups excluding carboxylic acids is 2. The molecular formula is C86H126Br2Cl4LiN11O8Sn2. The molecule has 0 aliphatic carbocycles. The number of pyridine rings is 5.